The lowest BCUT2D eigenvalue weighted by Gasteiger charge is -2.31. The van der Waals surface area contributed by atoms with E-state index in [1.54, 1.807) is 6.07 Å². The fraction of sp³-hybridized carbons (Fsp3) is 0.471. The van der Waals surface area contributed by atoms with Gasteiger partial charge in [0.15, 0.2) is 11.7 Å². The maximum Gasteiger partial charge on any atom is 0.320 e. The number of aliphatic imine (C=N–C) groups is 1. The molecule has 3 aliphatic rings. The summed E-state index contributed by atoms with van der Waals surface area (Å²) in [5.41, 5.74) is 1.33. The molecule has 1 unspecified atom stereocenters. The molecule has 0 bridgehead atoms. The van der Waals surface area contributed by atoms with Crippen LogP contribution in [0.5, 0.6) is 0 Å². The summed E-state index contributed by atoms with van der Waals surface area (Å²) in [7, 11) is 0. The molecule has 1 atom stereocenters. The average molecular weight is 331 g/mol. The second-order valence-corrected chi connectivity index (χ2v) is 6.50. The number of halogens is 1. The highest BCUT2D eigenvalue weighted by atomic mass is 19.1. The van der Waals surface area contributed by atoms with Gasteiger partial charge in [-0.1, -0.05) is 0 Å². The highest BCUT2D eigenvalue weighted by Crippen LogP contribution is 2.41. The Bertz CT molecular complexity index is 752. The molecule has 2 aliphatic heterocycles. The number of piperazine rings is 1. The van der Waals surface area contributed by atoms with Crippen LogP contribution >= 0.6 is 0 Å². The molecular formula is C17H18FN3O3. The smallest absolute Gasteiger partial charge is 0.320 e. The summed E-state index contributed by atoms with van der Waals surface area (Å²) in [5.74, 6) is -3.47. The van der Waals surface area contributed by atoms with Crippen molar-refractivity contribution in [1.29, 1.82) is 0 Å². The quantitative estimate of drug-likeness (QED) is 0.823. The van der Waals surface area contributed by atoms with Crippen LogP contribution in [0.3, 0.4) is 0 Å². The van der Waals surface area contributed by atoms with Crippen molar-refractivity contribution in [2.75, 3.05) is 31.1 Å². The Morgan fingerprint density at radius 1 is 1.29 bits per heavy atom. The van der Waals surface area contributed by atoms with Gasteiger partial charge < -0.3 is 15.3 Å². The van der Waals surface area contributed by atoms with Crippen LogP contribution in [0.25, 0.3) is 0 Å². The summed E-state index contributed by atoms with van der Waals surface area (Å²) in [4.78, 5) is 30.5. The van der Waals surface area contributed by atoms with E-state index in [0.717, 1.165) is 32.0 Å². The van der Waals surface area contributed by atoms with E-state index in [0.29, 0.717) is 30.2 Å². The molecule has 1 saturated heterocycles. The number of aliphatic carboxylic acids is 1. The van der Waals surface area contributed by atoms with E-state index in [4.69, 9.17) is 0 Å². The zero-order valence-electron chi connectivity index (χ0n) is 13.1. The highest BCUT2D eigenvalue weighted by molar-refractivity contribution is 6.28. The van der Waals surface area contributed by atoms with E-state index in [1.807, 2.05) is 4.90 Å². The van der Waals surface area contributed by atoms with Gasteiger partial charge in [-0.3, -0.25) is 14.6 Å². The molecule has 2 heterocycles. The van der Waals surface area contributed by atoms with Gasteiger partial charge in [-0.25, -0.2) is 4.39 Å². The van der Waals surface area contributed by atoms with Crippen LogP contribution in [0.2, 0.25) is 0 Å². The van der Waals surface area contributed by atoms with E-state index < -0.39 is 23.5 Å². The number of nitrogens with zero attached hydrogens (tertiary/aromatic N) is 2. The number of hydrogen-bond acceptors (Lipinski definition) is 5. The van der Waals surface area contributed by atoms with Crippen LogP contribution in [-0.2, 0) is 4.79 Å². The molecule has 1 aliphatic carbocycles. The molecule has 0 amide bonds. The molecule has 2 N–H and O–H groups in total. The Kier molecular flexibility index (Phi) is 3.60. The average Bonchev–Trinajstić information content (AvgIpc) is 3.40. The number of rotatable bonds is 3. The van der Waals surface area contributed by atoms with Gasteiger partial charge in [0.25, 0.3) is 0 Å². The molecular weight excluding hydrogens is 313 g/mol. The van der Waals surface area contributed by atoms with Crippen molar-refractivity contribution in [3.05, 3.63) is 23.5 Å². The predicted molar refractivity (Wildman–Crippen MR) is 86.8 cm³/mol. The van der Waals surface area contributed by atoms with Crippen LogP contribution in [0, 0.1) is 17.7 Å². The van der Waals surface area contributed by atoms with Crippen LogP contribution in [0.1, 0.15) is 23.2 Å². The van der Waals surface area contributed by atoms with Gasteiger partial charge in [0.1, 0.15) is 5.82 Å². The number of hydrogen-bond donors (Lipinski definition) is 2. The van der Waals surface area contributed by atoms with Gasteiger partial charge >= 0.3 is 5.97 Å². The molecule has 126 valence electrons. The summed E-state index contributed by atoms with van der Waals surface area (Å²) in [6, 6.07) is 2.74. The third-order valence-corrected chi connectivity index (χ3v) is 4.84. The van der Waals surface area contributed by atoms with E-state index in [1.165, 1.54) is 0 Å². The second kappa shape index (κ2) is 5.66. The Balaban J connectivity index is 1.79. The fourth-order valence-electron chi connectivity index (χ4n) is 3.43. The number of carboxylic acids is 1. The van der Waals surface area contributed by atoms with Gasteiger partial charge in [0.05, 0.1) is 11.4 Å². The topological polar surface area (TPSA) is 82.0 Å². The second-order valence-electron chi connectivity index (χ2n) is 6.50. The van der Waals surface area contributed by atoms with Crippen molar-refractivity contribution in [3.8, 4) is 0 Å². The molecule has 1 saturated carbocycles. The zero-order valence-corrected chi connectivity index (χ0v) is 13.1. The van der Waals surface area contributed by atoms with Gasteiger partial charge in [-0.05, 0) is 30.9 Å². The molecule has 0 radical (unpaired) electrons. The number of ketones is 1. The molecule has 6 nitrogen and oxygen atoms in total. The van der Waals surface area contributed by atoms with Crippen molar-refractivity contribution in [3.63, 3.8) is 0 Å². The molecule has 0 aromatic heterocycles. The molecule has 24 heavy (non-hydrogen) atoms. The normalized spacial score (nSPS) is 23.7. The fourth-order valence-corrected chi connectivity index (χ4v) is 3.43. The zero-order chi connectivity index (χ0) is 16.8. The Morgan fingerprint density at radius 3 is 2.62 bits per heavy atom. The van der Waals surface area contributed by atoms with Crippen molar-refractivity contribution in [1.82, 2.24) is 5.32 Å². The first-order valence-electron chi connectivity index (χ1n) is 8.21. The minimum Gasteiger partial charge on any atom is -0.480 e. The Hall–Kier alpha value is -2.28. The van der Waals surface area contributed by atoms with Gasteiger partial charge in [-0.2, -0.15) is 0 Å². The van der Waals surface area contributed by atoms with Crippen LogP contribution in [0.4, 0.5) is 15.8 Å². The number of carbonyl (C=O) groups excluding carboxylic acids is 1. The molecule has 1 aromatic carbocycles. The largest absolute Gasteiger partial charge is 0.480 e. The number of carboxylic acid groups (broad SMARTS) is 1. The summed E-state index contributed by atoms with van der Waals surface area (Å²) in [5, 5.41) is 12.6. The van der Waals surface area contributed by atoms with Crippen LogP contribution in [-0.4, -0.2) is 48.7 Å². The van der Waals surface area contributed by atoms with Crippen molar-refractivity contribution in [2.24, 2.45) is 16.8 Å². The minimum atomic E-state index is -1.27. The lowest BCUT2D eigenvalue weighted by Crippen LogP contribution is -2.44. The first-order valence-corrected chi connectivity index (χ1v) is 8.21. The maximum atomic E-state index is 14.5. The molecule has 0 spiro atoms. The lowest BCUT2D eigenvalue weighted by atomic mass is 9.86. The first-order chi connectivity index (χ1) is 11.6. The molecule has 1 aromatic rings. The van der Waals surface area contributed by atoms with E-state index in [2.05, 4.69) is 10.3 Å². The van der Waals surface area contributed by atoms with Crippen LogP contribution < -0.4 is 10.2 Å². The van der Waals surface area contributed by atoms with Gasteiger partial charge in [0, 0.05) is 37.5 Å². The third kappa shape index (κ3) is 2.49. The monoisotopic (exact) mass is 331 g/mol. The van der Waals surface area contributed by atoms with Gasteiger partial charge in [0.2, 0.25) is 0 Å². The lowest BCUT2D eigenvalue weighted by molar-refractivity contribution is -0.138. The van der Waals surface area contributed by atoms with E-state index in [9.17, 15) is 19.1 Å². The Labute approximate surface area is 138 Å². The maximum absolute atomic E-state index is 14.5. The van der Waals surface area contributed by atoms with E-state index in [-0.39, 0.29) is 11.5 Å². The number of nitrogens with one attached hydrogen (secondary N) is 1. The summed E-state index contributed by atoms with van der Waals surface area (Å²) in [6.07, 6.45) is 1.72. The minimum absolute atomic E-state index is 0.0656. The van der Waals surface area contributed by atoms with Crippen molar-refractivity contribution < 1.29 is 19.1 Å². The molecule has 2 fully saturated rings. The van der Waals surface area contributed by atoms with Crippen molar-refractivity contribution in [2.45, 2.75) is 12.8 Å². The number of Topliss-reactive ketones (excluding diaryl/α,β-unsaturated/α-hetero) is 1. The molecule has 7 heteroatoms. The number of anilines is 1. The first kappa shape index (κ1) is 15.3. The number of benzene rings is 1. The van der Waals surface area contributed by atoms with E-state index >= 15 is 0 Å². The standard InChI is InChI=1S/C17H18FN3O3/c18-11-7-10-12(8-13(11)21-5-3-19-4-6-21)20-15(9-1-2-9)14(16(10)22)17(23)24/h7-9,14,19H,1-6H2,(H,23,24). The number of fused-ring (bicyclic) bond motifs is 1. The number of carbonyl (C=O) groups is 2. The summed E-state index contributed by atoms with van der Waals surface area (Å²) < 4.78 is 14.5. The SMILES string of the molecule is O=C(O)C1C(=O)c2cc(F)c(N3CCNCC3)cc2N=C1C1CC1. The van der Waals surface area contributed by atoms with Crippen LogP contribution in [0.15, 0.2) is 17.1 Å². The summed E-state index contributed by atoms with van der Waals surface area (Å²) >= 11 is 0. The summed E-state index contributed by atoms with van der Waals surface area (Å²) in [6.45, 7) is 2.90. The third-order valence-electron chi connectivity index (χ3n) is 4.84. The van der Waals surface area contributed by atoms with Crippen molar-refractivity contribution >= 4 is 28.8 Å². The van der Waals surface area contributed by atoms with Gasteiger partial charge in [-0.15, -0.1) is 0 Å². The Morgan fingerprint density at radius 2 is 2.00 bits per heavy atom. The molecule has 4 rings (SSSR count). The predicted octanol–water partition coefficient (Wildman–Crippen LogP) is 1.61. The highest BCUT2D eigenvalue weighted by Gasteiger charge is 2.44.